The molecule has 0 saturated heterocycles. The Bertz CT molecular complexity index is 567. The van der Waals surface area contributed by atoms with Crippen LogP contribution in [0.1, 0.15) is 15.6 Å². The Kier molecular flexibility index (Phi) is 4.95. The lowest BCUT2D eigenvalue weighted by molar-refractivity contribution is 0.207. The number of aryl methyl sites for hydroxylation is 1. The first-order valence-corrected chi connectivity index (χ1v) is 8.17. The number of nitrogens with zero attached hydrogens (tertiary/aromatic N) is 2. The molecule has 2 amide bonds. The summed E-state index contributed by atoms with van der Waals surface area (Å²) in [5.74, 6) is 0. The molecular formula is C12H14BrN3OS2. The molecular weight excluding hydrogens is 346 g/mol. The SMILES string of the molecule is Cc1csc(CNC(=O)N(C)Cc2ccc(Br)s2)n1. The Hall–Kier alpha value is -0.920. The van der Waals surface area contributed by atoms with Gasteiger partial charge in [-0.15, -0.1) is 22.7 Å². The first kappa shape index (κ1) is 14.5. The van der Waals surface area contributed by atoms with Crippen molar-refractivity contribution in [2.75, 3.05) is 7.05 Å². The van der Waals surface area contributed by atoms with Crippen molar-refractivity contribution in [2.45, 2.75) is 20.0 Å². The average molecular weight is 360 g/mol. The predicted molar refractivity (Wildman–Crippen MR) is 82.6 cm³/mol. The molecule has 2 rings (SSSR count). The van der Waals surface area contributed by atoms with Crippen molar-refractivity contribution in [3.8, 4) is 0 Å². The Morgan fingerprint density at radius 2 is 2.32 bits per heavy atom. The molecule has 19 heavy (non-hydrogen) atoms. The molecule has 0 aliphatic heterocycles. The lowest BCUT2D eigenvalue weighted by Gasteiger charge is -2.16. The van der Waals surface area contributed by atoms with Crippen LogP contribution in [-0.2, 0) is 13.1 Å². The van der Waals surface area contributed by atoms with Gasteiger partial charge in [0.15, 0.2) is 0 Å². The number of nitrogens with one attached hydrogen (secondary N) is 1. The average Bonchev–Trinajstić information content (AvgIpc) is 2.95. The lowest BCUT2D eigenvalue weighted by atomic mass is 10.4. The topological polar surface area (TPSA) is 45.2 Å². The Morgan fingerprint density at radius 3 is 2.89 bits per heavy atom. The van der Waals surface area contributed by atoms with Gasteiger partial charge in [0.2, 0.25) is 0 Å². The summed E-state index contributed by atoms with van der Waals surface area (Å²) >= 11 is 6.61. The van der Waals surface area contributed by atoms with Crippen LogP contribution in [0.4, 0.5) is 4.79 Å². The molecule has 2 heterocycles. The number of hydrogen-bond acceptors (Lipinski definition) is 4. The number of halogens is 1. The summed E-state index contributed by atoms with van der Waals surface area (Å²) in [5.41, 5.74) is 0.992. The second kappa shape index (κ2) is 6.49. The van der Waals surface area contributed by atoms with Gasteiger partial charge in [0, 0.05) is 23.0 Å². The summed E-state index contributed by atoms with van der Waals surface area (Å²) in [4.78, 5) is 19.0. The molecule has 0 spiro atoms. The number of urea groups is 1. The third-order valence-electron chi connectivity index (χ3n) is 2.43. The van der Waals surface area contributed by atoms with E-state index in [0.717, 1.165) is 19.4 Å². The second-order valence-electron chi connectivity index (χ2n) is 4.10. The highest BCUT2D eigenvalue weighted by Gasteiger charge is 2.10. The maximum absolute atomic E-state index is 11.9. The molecule has 4 nitrogen and oxygen atoms in total. The molecule has 102 valence electrons. The van der Waals surface area contributed by atoms with Gasteiger partial charge in [0.05, 0.1) is 16.9 Å². The van der Waals surface area contributed by atoms with E-state index in [9.17, 15) is 4.79 Å². The van der Waals surface area contributed by atoms with Crippen LogP contribution in [0.15, 0.2) is 21.3 Å². The Morgan fingerprint density at radius 1 is 1.53 bits per heavy atom. The van der Waals surface area contributed by atoms with E-state index in [2.05, 4.69) is 26.2 Å². The molecule has 2 aromatic heterocycles. The van der Waals surface area contributed by atoms with E-state index in [1.165, 1.54) is 0 Å². The smallest absolute Gasteiger partial charge is 0.317 e. The van der Waals surface area contributed by atoms with Crippen LogP contribution in [0.25, 0.3) is 0 Å². The molecule has 0 unspecified atom stereocenters. The monoisotopic (exact) mass is 359 g/mol. The van der Waals surface area contributed by atoms with Crippen LogP contribution in [0, 0.1) is 6.92 Å². The number of aromatic nitrogens is 1. The molecule has 0 atom stereocenters. The van der Waals surface area contributed by atoms with Gasteiger partial charge in [0.1, 0.15) is 5.01 Å². The molecule has 0 saturated carbocycles. The van der Waals surface area contributed by atoms with Crippen LogP contribution in [-0.4, -0.2) is 23.0 Å². The van der Waals surface area contributed by atoms with E-state index in [-0.39, 0.29) is 6.03 Å². The maximum atomic E-state index is 11.9. The normalized spacial score (nSPS) is 10.5. The van der Waals surface area contributed by atoms with Gasteiger partial charge in [-0.25, -0.2) is 9.78 Å². The van der Waals surface area contributed by atoms with E-state index in [1.54, 1.807) is 34.6 Å². The molecule has 0 bridgehead atoms. The highest BCUT2D eigenvalue weighted by molar-refractivity contribution is 9.11. The van der Waals surface area contributed by atoms with Crippen molar-refractivity contribution in [3.63, 3.8) is 0 Å². The van der Waals surface area contributed by atoms with Gasteiger partial charge in [0.25, 0.3) is 0 Å². The number of thiazole rings is 1. The third-order valence-corrected chi connectivity index (χ3v) is 5.00. The van der Waals surface area contributed by atoms with Crippen LogP contribution in [0.5, 0.6) is 0 Å². The fourth-order valence-electron chi connectivity index (χ4n) is 1.51. The molecule has 0 aliphatic rings. The number of amides is 2. The van der Waals surface area contributed by atoms with E-state index in [1.807, 2.05) is 24.4 Å². The van der Waals surface area contributed by atoms with Crippen LogP contribution >= 0.6 is 38.6 Å². The molecule has 0 aliphatic carbocycles. The largest absolute Gasteiger partial charge is 0.331 e. The van der Waals surface area contributed by atoms with Crippen molar-refractivity contribution < 1.29 is 4.79 Å². The summed E-state index contributed by atoms with van der Waals surface area (Å²) < 4.78 is 1.08. The predicted octanol–water partition coefficient (Wildman–Crippen LogP) is 3.62. The zero-order valence-electron chi connectivity index (χ0n) is 10.6. The molecule has 0 aromatic carbocycles. The van der Waals surface area contributed by atoms with E-state index in [4.69, 9.17) is 0 Å². The van der Waals surface area contributed by atoms with Gasteiger partial charge < -0.3 is 10.2 Å². The van der Waals surface area contributed by atoms with E-state index in [0.29, 0.717) is 13.1 Å². The van der Waals surface area contributed by atoms with Gasteiger partial charge in [-0.05, 0) is 35.0 Å². The van der Waals surface area contributed by atoms with Crippen molar-refractivity contribution in [1.82, 2.24) is 15.2 Å². The third kappa shape index (κ3) is 4.29. The number of hydrogen-bond donors (Lipinski definition) is 1. The fraction of sp³-hybridized carbons (Fsp3) is 0.333. The van der Waals surface area contributed by atoms with Gasteiger partial charge >= 0.3 is 6.03 Å². The van der Waals surface area contributed by atoms with E-state index >= 15 is 0 Å². The number of rotatable bonds is 4. The van der Waals surface area contributed by atoms with Gasteiger partial charge in [-0.1, -0.05) is 0 Å². The maximum Gasteiger partial charge on any atom is 0.317 e. The minimum absolute atomic E-state index is 0.0858. The van der Waals surface area contributed by atoms with Crippen molar-refractivity contribution in [1.29, 1.82) is 0 Å². The second-order valence-corrected chi connectivity index (χ2v) is 7.59. The summed E-state index contributed by atoms with van der Waals surface area (Å²) in [5, 5.41) is 5.78. The molecule has 1 N–H and O–H groups in total. The zero-order chi connectivity index (χ0) is 13.8. The Balaban J connectivity index is 1.82. The minimum atomic E-state index is -0.0858. The van der Waals surface area contributed by atoms with Crippen LogP contribution in [0.2, 0.25) is 0 Å². The summed E-state index contributed by atoms with van der Waals surface area (Å²) in [6.45, 7) is 3.04. The van der Waals surface area contributed by atoms with Crippen molar-refractivity contribution in [2.24, 2.45) is 0 Å². The fourth-order valence-corrected chi connectivity index (χ4v) is 3.76. The Labute approximate surface area is 128 Å². The summed E-state index contributed by atoms with van der Waals surface area (Å²) in [6.07, 6.45) is 0. The van der Waals surface area contributed by atoms with Crippen LogP contribution in [0.3, 0.4) is 0 Å². The highest BCUT2D eigenvalue weighted by Crippen LogP contribution is 2.22. The first-order valence-electron chi connectivity index (χ1n) is 5.69. The quantitative estimate of drug-likeness (QED) is 0.905. The zero-order valence-corrected chi connectivity index (χ0v) is 13.9. The van der Waals surface area contributed by atoms with Crippen LogP contribution < -0.4 is 5.32 Å². The van der Waals surface area contributed by atoms with Crippen molar-refractivity contribution in [3.05, 3.63) is 36.9 Å². The first-order chi connectivity index (χ1) is 9.04. The molecule has 0 radical (unpaired) electrons. The number of carbonyl (C=O) groups is 1. The van der Waals surface area contributed by atoms with Gasteiger partial charge in [-0.3, -0.25) is 0 Å². The molecule has 0 fully saturated rings. The summed E-state index contributed by atoms with van der Waals surface area (Å²) in [6, 6.07) is 3.92. The molecule has 2 aromatic rings. The lowest BCUT2D eigenvalue weighted by Crippen LogP contribution is -2.36. The van der Waals surface area contributed by atoms with E-state index < -0.39 is 0 Å². The minimum Gasteiger partial charge on any atom is -0.331 e. The van der Waals surface area contributed by atoms with Gasteiger partial charge in [-0.2, -0.15) is 0 Å². The highest BCUT2D eigenvalue weighted by atomic mass is 79.9. The summed E-state index contributed by atoms with van der Waals surface area (Å²) in [7, 11) is 1.79. The number of thiophene rings is 1. The standard InChI is InChI=1S/C12H14BrN3OS2/c1-8-7-18-11(15-8)5-14-12(17)16(2)6-9-3-4-10(13)19-9/h3-4,7H,5-6H2,1-2H3,(H,14,17). The molecule has 7 heteroatoms. The number of carbonyl (C=O) groups excluding carboxylic acids is 1. The van der Waals surface area contributed by atoms with Crippen molar-refractivity contribution >= 4 is 44.6 Å².